The Morgan fingerprint density at radius 3 is 2.13 bits per heavy atom. The van der Waals surface area contributed by atoms with Crippen LogP contribution >= 0.6 is 34.4 Å². The lowest BCUT2D eigenvalue weighted by molar-refractivity contribution is -0.577. The van der Waals surface area contributed by atoms with E-state index in [1.165, 1.54) is 24.3 Å². The molecule has 0 aliphatic rings. The van der Waals surface area contributed by atoms with Gasteiger partial charge >= 0.3 is 23.9 Å². The molecule has 1 amide bonds. The summed E-state index contributed by atoms with van der Waals surface area (Å²) in [7, 11) is 0. The average Bonchev–Trinajstić information content (AvgIpc) is 2.78. The van der Waals surface area contributed by atoms with Crippen molar-refractivity contribution in [2.75, 3.05) is 5.32 Å². The second-order valence-corrected chi connectivity index (χ2v) is 9.69. The van der Waals surface area contributed by atoms with Crippen molar-refractivity contribution in [3.8, 4) is 0 Å². The molecular formula is C21H10F11IN2O2S. The van der Waals surface area contributed by atoms with E-state index >= 15 is 0 Å². The summed E-state index contributed by atoms with van der Waals surface area (Å²) < 4.78 is 147. The van der Waals surface area contributed by atoms with Crippen molar-refractivity contribution in [3.63, 3.8) is 0 Å². The summed E-state index contributed by atoms with van der Waals surface area (Å²) in [5.74, 6) is -11.6. The van der Waals surface area contributed by atoms with Crippen LogP contribution < -0.4 is 10.0 Å². The zero-order valence-corrected chi connectivity index (χ0v) is 20.9. The van der Waals surface area contributed by atoms with Crippen molar-refractivity contribution < 1.29 is 57.8 Å². The highest BCUT2D eigenvalue weighted by Crippen LogP contribution is 2.59. The zero-order valence-electron chi connectivity index (χ0n) is 17.9. The highest BCUT2D eigenvalue weighted by atomic mass is 127. The van der Waals surface area contributed by atoms with E-state index in [1.807, 2.05) is 5.32 Å². The number of hydrogen-bond donors (Lipinski definition) is 1. The normalized spacial score (nSPS) is 14.6. The first kappa shape index (κ1) is 30.0. The topological polar surface area (TPSA) is 56.0 Å². The summed E-state index contributed by atoms with van der Waals surface area (Å²) >= 11 is 0.434. The molecule has 1 atom stereocenters. The highest BCUT2D eigenvalue weighted by Gasteiger charge is 2.81. The monoisotopic (exact) mass is 690 g/mol. The van der Waals surface area contributed by atoms with E-state index in [2.05, 4.69) is 0 Å². The molecule has 0 bridgehead atoms. The quantitative estimate of drug-likeness (QED) is 0.0956. The van der Waals surface area contributed by atoms with Gasteiger partial charge in [-0.2, -0.15) is 48.6 Å². The number of benzene rings is 2. The van der Waals surface area contributed by atoms with Crippen molar-refractivity contribution >= 4 is 56.9 Å². The smallest absolute Gasteiger partial charge is 0.457 e. The minimum absolute atomic E-state index is 0.00542. The number of hydrogen-bond acceptors (Lipinski definition) is 3. The summed E-state index contributed by atoms with van der Waals surface area (Å²) in [6.07, 6.45) is -12.8. The van der Waals surface area contributed by atoms with E-state index in [-0.39, 0.29) is 23.2 Å². The number of fused-ring (bicyclic) bond motifs is 1. The number of pyridine rings is 1. The molecule has 0 spiro atoms. The molecule has 38 heavy (non-hydrogen) atoms. The molecule has 0 aliphatic carbocycles. The maximum Gasteiger partial charge on any atom is 0.457 e. The molecule has 206 valence electrons. The Kier molecular flexibility index (Phi) is 8.04. The predicted molar refractivity (Wildman–Crippen MR) is 122 cm³/mol. The van der Waals surface area contributed by atoms with E-state index in [0.717, 1.165) is 34.9 Å². The maximum atomic E-state index is 14.9. The molecule has 2 aromatic carbocycles. The molecule has 1 unspecified atom stereocenters. The number of halogens is 12. The van der Waals surface area contributed by atoms with Gasteiger partial charge in [-0.05, 0) is 52.9 Å². The molecule has 3 rings (SSSR count). The molecule has 1 aromatic heterocycles. The zero-order chi connectivity index (χ0) is 28.8. The van der Waals surface area contributed by atoms with Gasteiger partial charge in [0.15, 0.2) is 6.20 Å². The van der Waals surface area contributed by atoms with Crippen LogP contribution in [-0.4, -0.2) is 29.9 Å². The third kappa shape index (κ3) is 5.30. The van der Waals surface area contributed by atoms with E-state index in [9.17, 15) is 58.3 Å². The standard InChI is InChI=1S/C21H10F11IN2O2S/c22-17(23)38-14-8-11(18(24,20(27,28)29)19(25,26)21(30,31)32)7-12(33)15(14)34-16(36)10-4-3-9-2-1-5-35(37)13(9)6-10/h1-8,17H,(H,34,36). The Morgan fingerprint density at radius 2 is 1.58 bits per heavy atom. The lowest BCUT2D eigenvalue weighted by Gasteiger charge is -2.36. The first-order valence-corrected chi connectivity index (χ1v) is 11.7. The summed E-state index contributed by atoms with van der Waals surface area (Å²) in [6.45, 7) is 0. The number of nitrogens with one attached hydrogen (secondary N) is 1. The molecule has 0 fully saturated rings. The minimum Gasteiger partial charge on any atom is -0.618 e. The SMILES string of the molecule is O=C(Nc1c(I)cc(C(F)(C(F)(F)F)C(F)(F)C(F)(F)F)cc1SC(F)F)c1ccc2ccc[n+]([O-])c2c1. The Labute approximate surface area is 222 Å². The number of anilines is 1. The van der Waals surface area contributed by atoms with Gasteiger partial charge in [0.1, 0.15) is 0 Å². The van der Waals surface area contributed by atoms with E-state index in [1.54, 1.807) is 0 Å². The molecule has 0 aliphatic heterocycles. The number of thioether (sulfide) groups is 1. The lowest BCUT2D eigenvalue weighted by Crippen LogP contribution is -2.59. The van der Waals surface area contributed by atoms with Crippen LogP contribution in [0.5, 0.6) is 0 Å². The van der Waals surface area contributed by atoms with Gasteiger partial charge in [0.25, 0.3) is 11.7 Å². The molecule has 3 aromatic rings. The molecule has 1 N–H and O–H groups in total. The third-order valence-corrected chi connectivity index (χ3v) is 6.72. The van der Waals surface area contributed by atoms with Crippen LogP contribution in [0, 0.1) is 8.78 Å². The van der Waals surface area contributed by atoms with Gasteiger partial charge in [-0.15, -0.1) is 0 Å². The van der Waals surface area contributed by atoms with Gasteiger partial charge in [0, 0.05) is 37.1 Å². The average molecular weight is 690 g/mol. The van der Waals surface area contributed by atoms with Gasteiger partial charge in [-0.1, -0.05) is 11.8 Å². The van der Waals surface area contributed by atoms with Gasteiger partial charge < -0.3 is 10.5 Å². The number of carbonyl (C=O) groups excluding carboxylic acids is 1. The number of rotatable bonds is 6. The van der Waals surface area contributed by atoms with Gasteiger partial charge in [-0.3, -0.25) is 4.79 Å². The Morgan fingerprint density at radius 1 is 0.947 bits per heavy atom. The summed E-state index contributed by atoms with van der Waals surface area (Å²) in [4.78, 5) is 11.6. The van der Waals surface area contributed by atoms with E-state index in [0.29, 0.717) is 10.1 Å². The Bertz CT molecular complexity index is 1380. The van der Waals surface area contributed by atoms with E-state index in [4.69, 9.17) is 0 Å². The minimum atomic E-state index is -7.02. The fourth-order valence-electron chi connectivity index (χ4n) is 3.32. The highest BCUT2D eigenvalue weighted by molar-refractivity contribution is 14.1. The summed E-state index contributed by atoms with van der Waals surface area (Å²) in [5, 5.41) is 14.4. The van der Waals surface area contributed by atoms with Crippen LogP contribution in [0.4, 0.5) is 54.0 Å². The number of alkyl halides is 11. The van der Waals surface area contributed by atoms with Crippen LogP contribution in [0.3, 0.4) is 0 Å². The first-order chi connectivity index (χ1) is 17.3. The molecular weight excluding hydrogens is 680 g/mol. The maximum absolute atomic E-state index is 14.9. The molecule has 0 radical (unpaired) electrons. The van der Waals surface area contributed by atoms with Crippen molar-refractivity contribution in [1.82, 2.24) is 0 Å². The number of carbonyl (C=O) groups is 1. The number of nitrogens with zero attached hydrogens (tertiary/aromatic N) is 1. The third-order valence-electron chi connectivity index (χ3n) is 5.11. The van der Waals surface area contributed by atoms with E-state index < -0.39 is 67.1 Å². The van der Waals surface area contributed by atoms with Gasteiger partial charge in [0.2, 0.25) is 5.52 Å². The molecule has 0 saturated heterocycles. The summed E-state index contributed by atoms with van der Waals surface area (Å²) in [6, 6.07) is 6.21. The fraction of sp³-hybridized carbons (Fsp3) is 0.238. The second-order valence-electron chi connectivity index (χ2n) is 7.50. The van der Waals surface area contributed by atoms with Crippen LogP contribution in [-0.2, 0) is 5.67 Å². The van der Waals surface area contributed by atoms with Gasteiger partial charge in [-0.25, -0.2) is 4.39 Å². The Balaban J connectivity index is 2.16. The Hall–Kier alpha value is -2.57. The van der Waals surface area contributed by atoms with Crippen molar-refractivity contribution in [2.24, 2.45) is 0 Å². The second kappa shape index (κ2) is 10.2. The molecule has 0 saturated carbocycles. The predicted octanol–water partition coefficient (Wildman–Crippen LogP) is 7.57. The largest absolute Gasteiger partial charge is 0.618 e. The number of aromatic nitrogens is 1. The molecule has 17 heteroatoms. The summed E-state index contributed by atoms with van der Waals surface area (Å²) in [5.41, 5.74) is -9.64. The van der Waals surface area contributed by atoms with Crippen LogP contribution in [0.2, 0.25) is 0 Å². The first-order valence-electron chi connectivity index (χ1n) is 9.73. The number of amides is 1. The van der Waals surface area contributed by atoms with Gasteiger partial charge in [0.05, 0.1) is 5.69 Å². The lowest BCUT2D eigenvalue weighted by atomic mass is 9.87. The van der Waals surface area contributed by atoms with Crippen LogP contribution in [0.15, 0.2) is 53.6 Å². The molecule has 1 heterocycles. The van der Waals surface area contributed by atoms with Crippen molar-refractivity contribution in [1.29, 1.82) is 0 Å². The fourth-order valence-corrected chi connectivity index (χ4v) is 4.93. The van der Waals surface area contributed by atoms with Crippen molar-refractivity contribution in [3.05, 3.63) is 68.6 Å². The molecule has 4 nitrogen and oxygen atoms in total. The van der Waals surface area contributed by atoms with Crippen molar-refractivity contribution in [2.45, 2.75) is 34.6 Å². The van der Waals surface area contributed by atoms with Crippen LogP contribution in [0.25, 0.3) is 10.9 Å². The van der Waals surface area contributed by atoms with Crippen LogP contribution in [0.1, 0.15) is 15.9 Å².